The SMILES string of the molecule is CCc1c[nH]cc1C[C@H](O)[C@H]1O[C@H](Oc2cc(OC)cc3cc(C)c(C(C)=O)c(O)c23)[C@H](O)[C@@H](O)[C@@H]1O. The summed E-state index contributed by atoms with van der Waals surface area (Å²) in [6, 6.07) is 4.81. The van der Waals surface area contributed by atoms with Gasteiger partial charge in [0.25, 0.3) is 0 Å². The number of carbonyl (C=O) groups is 1. The fourth-order valence-corrected chi connectivity index (χ4v) is 4.95. The molecule has 1 aliphatic rings. The Labute approximate surface area is 214 Å². The Morgan fingerprint density at radius 1 is 1.11 bits per heavy atom. The van der Waals surface area contributed by atoms with Crippen LogP contribution in [0.25, 0.3) is 10.8 Å². The molecule has 0 amide bonds. The van der Waals surface area contributed by atoms with E-state index in [2.05, 4.69) is 4.98 Å². The number of aryl methyl sites for hydroxylation is 2. The van der Waals surface area contributed by atoms with Crippen molar-refractivity contribution in [2.45, 2.75) is 70.4 Å². The topological polar surface area (TPSA) is 162 Å². The second-order valence-corrected chi connectivity index (χ2v) is 9.39. The summed E-state index contributed by atoms with van der Waals surface area (Å²) in [5, 5.41) is 54.4. The third-order valence-electron chi connectivity index (χ3n) is 6.90. The van der Waals surface area contributed by atoms with Gasteiger partial charge in [-0.05, 0) is 48.4 Å². The lowest BCUT2D eigenvalue weighted by atomic mass is 9.92. The predicted octanol–water partition coefficient (Wildman–Crippen LogP) is 1.75. The maximum atomic E-state index is 12.2. The molecule has 1 fully saturated rings. The van der Waals surface area contributed by atoms with E-state index >= 15 is 0 Å². The van der Waals surface area contributed by atoms with Gasteiger partial charge >= 0.3 is 0 Å². The fourth-order valence-electron chi connectivity index (χ4n) is 4.95. The van der Waals surface area contributed by atoms with Crippen molar-refractivity contribution in [1.29, 1.82) is 0 Å². The third-order valence-corrected chi connectivity index (χ3v) is 6.90. The van der Waals surface area contributed by atoms with Gasteiger partial charge in [0.2, 0.25) is 6.29 Å². The zero-order chi connectivity index (χ0) is 27.0. The molecule has 10 nitrogen and oxygen atoms in total. The number of carbonyl (C=O) groups excluding carboxylic acids is 1. The Kier molecular flexibility index (Phi) is 7.77. The number of aliphatic hydroxyl groups is 4. The van der Waals surface area contributed by atoms with E-state index in [-0.39, 0.29) is 34.7 Å². The molecule has 200 valence electrons. The summed E-state index contributed by atoms with van der Waals surface area (Å²) < 4.78 is 17.1. The molecular formula is C27H33NO9. The van der Waals surface area contributed by atoms with Crippen molar-refractivity contribution in [3.05, 3.63) is 52.8 Å². The number of phenolic OH excluding ortho intramolecular Hbond substituents is 1. The van der Waals surface area contributed by atoms with Crippen LogP contribution in [-0.4, -0.2) is 80.2 Å². The van der Waals surface area contributed by atoms with E-state index in [0.717, 1.165) is 17.5 Å². The molecule has 4 rings (SSSR count). The minimum absolute atomic E-state index is 0.0223. The number of rotatable bonds is 8. The van der Waals surface area contributed by atoms with Crippen LogP contribution in [0.4, 0.5) is 0 Å². The molecule has 0 spiro atoms. The number of H-pyrrole nitrogens is 1. The van der Waals surface area contributed by atoms with E-state index in [4.69, 9.17) is 14.2 Å². The second kappa shape index (κ2) is 10.7. The number of aromatic nitrogens is 1. The van der Waals surface area contributed by atoms with Crippen molar-refractivity contribution in [2.24, 2.45) is 0 Å². The number of ether oxygens (including phenoxy) is 3. The average Bonchev–Trinajstić information content (AvgIpc) is 3.30. The lowest BCUT2D eigenvalue weighted by Crippen LogP contribution is -2.62. The van der Waals surface area contributed by atoms with Crippen LogP contribution in [0, 0.1) is 6.92 Å². The van der Waals surface area contributed by atoms with Crippen molar-refractivity contribution < 1.29 is 44.5 Å². The van der Waals surface area contributed by atoms with Gasteiger partial charge in [0.05, 0.1) is 24.2 Å². The number of hydrogen-bond donors (Lipinski definition) is 6. The number of phenols is 1. The van der Waals surface area contributed by atoms with Crippen LogP contribution in [0.5, 0.6) is 17.2 Å². The van der Waals surface area contributed by atoms with Gasteiger partial charge in [-0.3, -0.25) is 4.79 Å². The molecule has 6 atom stereocenters. The minimum atomic E-state index is -1.68. The first-order chi connectivity index (χ1) is 17.6. The highest BCUT2D eigenvalue weighted by Crippen LogP contribution is 2.42. The first kappa shape index (κ1) is 26.9. The molecule has 0 unspecified atom stereocenters. The summed E-state index contributed by atoms with van der Waals surface area (Å²) in [5.74, 6) is -0.249. The van der Waals surface area contributed by atoms with Gasteiger partial charge in [-0.25, -0.2) is 0 Å². The van der Waals surface area contributed by atoms with E-state index in [1.165, 1.54) is 20.1 Å². The first-order valence-corrected chi connectivity index (χ1v) is 12.1. The zero-order valence-corrected chi connectivity index (χ0v) is 21.1. The zero-order valence-electron chi connectivity index (χ0n) is 21.1. The number of methoxy groups -OCH3 is 1. The van der Waals surface area contributed by atoms with E-state index in [1.54, 1.807) is 25.3 Å². The molecule has 0 aliphatic carbocycles. The molecule has 3 aromatic rings. The Balaban J connectivity index is 1.70. The van der Waals surface area contributed by atoms with E-state index < -0.39 is 36.8 Å². The van der Waals surface area contributed by atoms with Gasteiger partial charge < -0.3 is 44.7 Å². The summed E-state index contributed by atoms with van der Waals surface area (Å²) in [6.07, 6.45) is -4.56. The van der Waals surface area contributed by atoms with Crippen molar-refractivity contribution in [3.8, 4) is 17.2 Å². The molecule has 10 heteroatoms. The Morgan fingerprint density at radius 2 is 1.81 bits per heavy atom. The van der Waals surface area contributed by atoms with Gasteiger partial charge in [0.15, 0.2) is 5.78 Å². The average molecular weight is 516 g/mol. The highest BCUT2D eigenvalue weighted by atomic mass is 16.7. The van der Waals surface area contributed by atoms with Gasteiger partial charge in [-0.15, -0.1) is 0 Å². The van der Waals surface area contributed by atoms with Crippen LogP contribution in [0.15, 0.2) is 30.6 Å². The van der Waals surface area contributed by atoms with E-state index in [0.29, 0.717) is 16.7 Å². The number of aromatic amines is 1. The minimum Gasteiger partial charge on any atom is -0.506 e. The molecule has 0 radical (unpaired) electrons. The molecule has 0 saturated carbocycles. The van der Waals surface area contributed by atoms with Crippen LogP contribution in [-0.2, 0) is 17.6 Å². The first-order valence-electron chi connectivity index (χ1n) is 12.1. The Morgan fingerprint density at radius 3 is 2.46 bits per heavy atom. The largest absolute Gasteiger partial charge is 0.506 e. The van der Waals surface area contributed by atoms with Crippen LogP contribution in [0.3, 0.4) is 0 Å². The quantitative estimate of drug-likeness (QED) is 0.245. The monoisotopic (exact) mass is 515 g/mol. The summed E-state index contributed by atoms with van der Waals surface area (Å²) >= 11 is 0. The standard InChI is InChI=1S/C27H33NO9/c1-5-14-10-28-11-16(14)8-18(30)26-24(33)23(32)25(34)27(37-26)36-19-9-17(35-4)7-15-6-12(2)20(13(3)29)22(31)21(15)19/h6-7,9-11,18,23-28,30-34H,5,8H2,1-4H3/t18-,23-,24-,25+,26+,27-/m0/s1. The molecule has 2 aromatic carbocycles. The van der Waals surface area contributed by atoms with Crippen molar-refractivity contribution in [2.75, 3.05) is 7.11 Å². The molecule has 6 N–H and O–H groups in total. The third kappa shape index (κ3) is 5.03. The Bertz CT molecular complexity index is 1290. The number of fused-ring (bicyclic) bond motifs is 1. The summed E-state index contributed by atoms with van der Waals surface area (Å²) in [5.41, 5.74) is 2.51. The molecular weight excluding hydrogens is 482 g/mol. The molecule has 2 heterocycles. The summed E-state index contributed by atoms with van der Waals surface area (Å²) in [7, 11) is 1.45. The molecule has 1 aliphatic heterocycles. The van der Waals surface area contributed by atoms with Gasteiger partial charge in [-0.1, -0.05) is 13.0 Å². The van der Waals surface area contributed by atoms with Crippen molar-refractivity contribution >= 4 is 16.6 Å². The predicted molar refractivity (Wildman–Crippen MR) is 134 cm³/mol. The van der Waals surface area contributed by atoms with Crippen LogP contribution in [0.1, 0.15) is 40.9 Å². The number of Topliss-reactive ketones (excluding diaryl/α,β-unsaturated/α-hetero) is 1. The maximum absolute atomic E-state index is 12.2. The number of hydrogen-bond acceptors (Lipinski definition) is 9. The van der Waals surface area contributed by atoms with Crippen molar-refractivity contribution in [1.82, 2.24) is 4.98 Å². The highest BCUT2D eigenvalue weighted by Gasteiger charge is 2.47. The fraction of sp³-hybridized carbons (Fsp3) is 0.444. The number of aromatic hydroxyl groups is 1. The highest BCUT2D eigenvalue weighted by molar-refractivity contribution is 6.07. The lowest BCUT2D eigenvalue weighted by molar-refractivity contribution is -0.287. The maximum Gasteiger partial charge on any atom is 0.229 e. The number of ketones is 1. The number of nitrogens with one attached hydrogen (secondary N) is 1. The molecule has 37 heavy (non-hydrogen) atoms. The van der Waals surface area contributed by atoms with Crippen molar-refractivity contribution in [3.63, 3.8) is 0 Å². The molecule has 0 bridgehead atoms. The van der Waals surface area contributed by atoms with Crippen LogP contribution >= 0.6 is 0 Å². The van der Waals surface area contributed by atoms with Crippen LogP contribution in [0.2, 0.25) is 0 Å². The van der Waals surface area contributed by atoms with Crippen LogP contribution < -0.4 is 9.47 Å². The lowest BCUT2D eigenvalue weighted by Gasteiger charge is -2.42. The summed E-state index contributed by atoms with van der Waals surface area (Å²) in [4.78, 5) is 15.2. The smallest absolute Gasteiger partial charge is 0.229 e. The molecule has 1 aromatic heterocycles. The van der Waals surface area contributed by atoms with E-state index in [1.807, 2.05) is 13.1 Å². The second-order valence-electron chi connectivity index (χ2n) is 9.39. The number of aliphatic hydroxyl groups excluding tert-OH is 4. The van der Waals surface area contributed by atoms with Gasteiger partial charge in [0.1, 0.15) is 41.7 Å². The van der Waals surface area contributed by atoms with E-state index in [9.17, 15) is 30.3 Å². The Hall–Kier alpha value is -3.15. The summed E-state index contributed by atoms with van der Waals surface area (Å²) in [6.45, 7) is 5.01. The molecule has 1 saturated heterocycles. The van der Waals surface area contributed by atoms with Gasteiger partial charge in [-0.2, -0.15) is 0 Å². The normalized spacial score (nSPS) is 24.7. The number of benzene rings is 2. The van der Waals surface area contributed by atoms with Gasteiger partial charge in [0, 0.05) is 24.9 Å².